The lowest BCUT2D eigenvalue weighted by molar-refractivity contribution is 0.431. The van der Waals surface area contributed by atoms with E-state index in [1.54, 1.807) is 0 Å². The van der Waals surface area contributed by atoms with E-state index < -0.39 is 0 Å². The summed E-state index contributed by atoms with van der Waals surface area (Å²) in [6, 6.07) is 0. The lowest BCUT2D eigenvalue weighted by Gasteiger charge is -2.22. The molecule has 0 unspecified atom stereocenters. The first-order chi connectivity index (χ1) is 6.42. The van der Waals surface area contributed by atoms with Crippen molar-refractivity contribution in [1.82, 2.24) is 20.3 Å². The van der Waals surface area contributed by atoms with Gasteiger partial charge >= 0.3 is 0 Å². The van der Waals surface area contributed by atoms with E-state index in [9.17, 15) is 0 Å². The van der Waals surface area contributed by atoms with Crippen LogP contribution in [0.1, 0.15) is 31.4 Å². The van der Waals surface area contributed by atoms with E-state index in [2.05, 4.69) is 22.6 Å². The van der Waals surface area contributed by atoms with Gasteiger partial charge in [-0.15, -0.1) is 5.10 Å². The van der Waals surface area contributed by atoms with Crippen molar-refractivity contribution < 1.29 is 0 Å². The Bertz CT molecular complexity index is 262. The molecule has 0 aliphatic carbocycles. The maximum Gasteiger partial charge on any atom is 0.0728 e. The maximum atomic E-state index is 4.06. The van der Waals surface area contributed by atoms with Crippen molar-refractivity contribution in [2.75, 3.05) is 13.1 Å². The van der Waals surface area contributed by atoms with E-state index in [1.165, 1.54) is 18.5 Å². The molecule has 0 bridgehead atoms. The molecule has 1 saturated heterocycles. The van der Waals surface area contributed by atoms with E-state index in [0.29, 0.717) is 5.92 Å². The molecule has 1 N–H and O–H groups in total. The van der Waals surface area contributed by atoms with Crippen LogP contribution in [0.2, 0.25) is 0 Å². The molecule has 1 aliphatic heterocycles. The molecule has 4 heteroatoms. The molecule has 2 rings (SSSR count). The molecule has 0 saturated carbocycles. The summed E-state index contributed by atoms with van der Waals surface area (Å²) in [5.41, 5.74) is 1.31. The van der Waals surface area contributed by atoms with Gasteiger partial charge in [-0.25, -0.2) is 4.68 Å². The van der Waals surface area contributed by atoms with E-state index in [1.807, 2.05) is 10.9 Å². The van der Waals surface area contributed by atoms with Gasteiger partial charge in [-0.2, -0.15) is 0 Å². The molecule has 0 atom stereocenters. The van der Waals surface area contributed by atoms with Crippen LogP contribution in [0.4, 0.5) is 0 Å². The summed E-state index contributed by atoms with van der Waals surface area (Å²) in [6.07, 6.45) is 4.35. The molecule has 2 heterocycles. The van der Waals surface area contributed by atoms with Gasteiger partial charge in [-0.3, -0.25) is 0 Å². The molecule has 4 nitrogen and oxygen atoms in total. The van der Waals surface area contributed by atoms with Crippen molar-refractivity contribution >= 4 is 0 Å². The summed E-state index contributed by atoms with van der Waals surface area (Å²) in [4.78, 5) is 0. The molecular formula is C9H16N4. The minimum atomic E-state index is 0.663. The first-order valence-electron chi connectivity index (χ1n) is 5.01. The van der Waals surface area contributed by atoms with Crippen molar-refractivity contribution in [3.05, 3.63) is 11.9 Å². The summed E-state index contributed by atoms with van der Waals surface area (Å²) < 4.78 is 2.01. The van der Waals surface area contributed by atoms with Crippen LogP contribution >= 0.6 is 0 Å². The second kappa shape index (κ2) is 3.87. The highest BCUT2D eigenvalue weighted by atomic mass is 15.4. The van der Waals surface area contributed by atoms with Crippen molar-refractivity contribution in [2.24, 2.45) is 0 Å². The Morgan fingerprint density at radius 2 is 2.31 bits per heavy atom. The van der Waals surface area contributed by atoms with Gasteiger partial charge in [0, 0.05) is 12.5 Å². The zero-order valence-electron chi connectivity index (χ0n) is 8.03. The monoisotopic (exact) mass is 180 g/mol. The molecule has 1 fully saturated rings. The Balaban J connectivity index is 2.13. The minimum Gasteiger partial charge on any atom is -0.317 e. The topological polar surface area (TPSA) is 42.7 Å². The molecule has 1 aromatic rings. The van der Waals surface area contributed by atoms with Gasteiger partial charge in [-0.05, 0) is 32.9 Å². The third-order valence-electron chi connectivity index (χ3n) is 2.70. The Kier molecular flexibility index (Phi) is 2.59. The van der Waals surface area contributed by atoms with Crippen molar-refractivity contribution in [1.29, 1.82) is 0 Å². The summed E-state index contributed by atoms with van der Waals surface area (Å²) in [6.45, 7) is 5.29. The Morgan fingerprint density at radius 1 is 1.54 bits per heavy atom. The first-order valence-corrected chi connectivity index (χ1v) is 5.01. The smallest absolute Gasteiger partial charge is 0.0728 e. The normalized spacial score (nSPS) is 19.2. The van der Waals surface area contributed by atoms with Gasteiger partial charge < -0.3 is 5.32 Å². The van der Waals surface area contributed by atoms with Crippen LogP contribution in [0.5, 0.6) is 0 Å². The molecule has 1 aromatic heterocycles. The van der Waals surface area contributed by atoms with Gasteiger partial charge in [0.25, 0.3) is 0 Å². The fourth-order valence-corrected chi connectivity index (χ4v) is 1.95. The van der Waals surface area contributed by atoms with Crippen LogP contribution in [0.25, 0.3) is 0 Å². The number of nitrogens with zero attached hydrogens (tertiary/aromatic N) is 3. The highest BCUT2D eigenvalue weighted by molar-refractivity contribution is 5.04. The number of aryl methyl sites for hydroxylation is 1. The molecular weight excluding hydrogens is 164 g/mol. The third kappa shape index (κ3) is 1.72. The largest absolute Gasteiger partial charge is 0.317 e. The van der Waals surface area contributed by atoms with Crippen LogP contribution in [0.3, 0.4) is 0 Å². The van der Waals surface area contributed by atoms with Crippen LogP contribution in [-0.4, -0.2) is 28.1 Å². The lowest BCUT2D eigenvalue weighted by Crippen LogP contribution is -2.27. The molecule has 72 valence electrons. The zero-order valence-corrected chi connectivity index (χ0v) is 8.03. The van der Waals surface area contributed by atoms with E-state index in [4.69, 9.17) is 0 Å². The molecule has 0 amide bonds. The average Bonchev–Trinajstić information content (AvgIpc) is 2.67. The molecule has 0 spiro atoms. The van der Waals surface area contributed by atoms with Crippen molar-refractivity contribution in [3.63, 3.8) is 0 Å². The van der Waals surface area contributed by atoms with E-state index >= 15 is 0 Å². The van der Waals surface area contributed by atoms with Gasteiger partial charge in [-0.1, -0.05) is 5.21 Å². The van der Waals surface area contributed by atoms with Crippen LogP contribution in [-0.2, 0) is 6.54 Å². The predicted molar refractivity (Wildman–Crippen MR) is 50.5 cm³/mol. The summed E-state index contributed by atoms with van der Waals surface area (Å²) in [5, 5.41) is 11.4. The fourth-order valence-electron chi connectivity index (χ4n) is 1.95. The van der Waals surface area contributed by atoms with E-state index in [-0.39, 0.29) is 0 Å². The van der Waals surface area contributed by atoms with Crippen LogP contribution < -0.4 is 5.32 Å². The maximum absolute atomic E-state index is 4.06. The van der Waals surface area contributed by atoms with Crippen molar-refractivity contribution in [3.8, 4) is 0 Å². The molecule has 1 aliphatic rings. The second-order valence-electron chi connectivity index (χ2n) is 3.50. The summed E-state index contributed by atoms with van der Waals surface area (Å²) in [7, 11) is 0. The van der Waals surface area contributed by atoms with Gasteiger partial charge in [0.05, 0.1) is 11.9 Å². The Labute approximate surface area is 78.3 Å². The summed E-state index contributed by atoms with van der Waals surface area (Å²) in [5.74, 6) is 0.663. The first kappa shape index (κ1) is 8.69. The highest BCUT2D eigenvalue weighted by Gasteiger charge is 2.18. The Morgan fingerprint density at radius 3 is 3.00 bits per heavy atom. The standard InChI is InChI=1S/C9H16N4/c1-2-13-9(7-11-12-13)8-3-5-10-6-4-8/h7-8,10H,2-6H2,1H3. The number of rotatable bonds is 2. The average molecular weight is 180 g/mol. The third-order valence-corrected chi connectivity index (χ3v) is 2.70. The number of aromatic nitrogens is 3. The molecule has 13 heavy (non-hydrogen) atoms. The molecule has 0 radical (unpaired) electrons. The van der Waals surface area contributed by atoms with E-state index in [0.717, 1.165) is 19.6 Å². The van der Waals surface area contributed by atoms with Crippen LogP contribution in [0.15, 0.2) is 6.20 Å². The Hall–Kier alpha value is -0.900. The van der Waals surface area contributed by atoms with Gasteiger partial charge in [0.1, 0.15) is 0 Å². The SMILES string of the molecule is CCn1nncc1C1CCNCC1. The lowest BCUT2D eigenvalue weighted by atomic mass is 9.95. The number of hydrogen-bond acceptors (Lipinski definition) is 3. The van der Waals surface area contributed by atoms with Crippen LogP contribution in [0, 0.1) is 0 Å². The number of nitrogens with one attached hydrogen (secondary N) is 1. The van der Waals surface area contributed by atoms with Gasteiger partial charge in [0.15, 0.2) is 0 Å². The number of hydrogen-bond donors (Lipinski definition) is 1. The second-order valence-corrected chi connectivity index (χ2v) is 3.50. The summed E-state index contributed by atoms with van der Waals surface area (Å²) >= 11 is 0. The van der Waals surface area contributed by atoms with Gasteiger partial charge in [0.2, 0.25) is 0 Å². The number of piperidine rings is 1. The quantitative estimate of drug-likeness (QED) is 0.731. The van der Waals surface area contributed by atoms with Crippen molar-refractivity contribution in [2.45, 2.75) is 32.2 Å². The fraction of sp³-hybridized carbons (Fsp3) is 0.778. The zero-order chi connectivity index (χ0) is 9.10. The highest BCUT2D eigenvalue weighted by Crippen LogP contribution is 2.23. The predicted octanol–water partition coefficient (Wildman–Crippen LogP) is 0.765. The molecule has 0 aromatic carbocycles. The minimum absolute atomic E-state index is 0.663.